The summed E-state index contributed by atoms with van der Waals surface area (Å²) in [6.07, 6.45) is 2.93. The van der Waals surface area contributed by atoms with Gasteiger partial charge >= 0.3 is 0 Å². The number of aromatic hydroxyl groups is 1. The van der Waals surface area contributed by atoms with Gasteiger partial charge in [0.05, 0.1) is 11.7 Å². The van der Waals surface area contributed by atoms with Gasteiger partial charge in [0, 0.05) is 18.6 Å². The molecule has 2 N–H and O–H groups in total. The van der Waals surface area contributed by atoms with Crippen LogP contribution in [-0.4, -0.2) is 21.8 Å². The molecule has 1 heterocycles. The summed E-state index contributed by atoms with van der Waals surface area (Å²) in [6.45, 7) is 0. The molecular weight excluding hydrogens is 306 g/mol. The maximum absolute atomic E-state index is 12.4. The Labute approximate surface area is 137 Å². The van der Waals surface area contributed by atoms with Gasteiger partial charge in [-0.05, 0) is 42.0 Å². The van der Waals surface area contributed by atoms with Crippen LogP contribution in [0.5, 0.6) is 5.75 Å². The predicted octanol–water partition coefficient (Wildman–Crippen LogP) is 2.01. The lowest BCUT2D eigenvalue weighted by atomic mass is 10.1. The number of phenols is 1. The maximum atomic E-state index is 12.4. The SMILES string of the molecule is Cn1cc(C(=O)NN=Cc2ccc(O)cc2)c(=O)c2ccccc21. The summed E-state index contributed by atoms with van der Waals surface area (Å²) in [7, 11) is 1.78. The minimum Gasteiger partial charge on any atom is -0.508 e. The molecule has 0 aliphatic heterocycles. The molecular formula is C18H15N3O3. The van der Waals surface area contributed by atoms with Crippen LogP contribution in [0.1, 0.15) is 15.9 Å². The quantitative estimate of drug-likeness (QED) is 0.572. The van der Waals surface area contributed by atoms with Crippen molar-refractivity contribution >= 4 is 23.0 Å². The van der Waals surface area contributed by atoms with E-state index in [2.05, 4.69) is 10.5 Å². The summed E-state index contributed by atoms with van der Waals surface area (Å²) in [6, 6.07) is 13.4. The second-order valence-corrected chi connectivity index (χ2v) is 5.29. The lowest BCUT2D eigenvalue weighted by molar-refractivity contribution is 0.0953. The number of rotatable bonds is 3. The summed E-state index contributed by atoms with van der Waals surface area (Å²) in [5, 5.41) is 13.5. The van der Waals surface area contributed by atoms with Crippen LogP contribution in [-0.2, 0) is 7.05 Å². The van der Waals surface area contributed by atoms with Crippen molar-refractivity contribution in [2.75, 3.05) is 0 Å². The molecule has 6 heteroatoms. The molecule has 3 rings (SSSR count). The van der Waals surface area contributed by atoms with Gasteiger partial charge in [-0.25, -0.2) is 5.43 Å². The van der Waals surface area contributed by atoms with Gasteiger partial charge in [0.25, 0.3) is 5.91 Å². The average Bonchev–Trinajstić information content (AvgIpc) is 2.60. The van der Waals surface area contributed by atoms with Gasteiger partial charge in [0.15, 0.2) is 0 Å². The van der Waals surface area contributed by atoms with E-state index >= 15 is 0 Å². The van der Waals surface area contributed by atoms with Crippen LogP contribution >= 0.6 is 0 Å². The summed E-state index contributed by atoms with van der Waals surface area (Å²) in [4.78, 5) is 24.7. The van der Waals surface area contributed by atoms with Crippen molar-refractivity contribution in [3.63, 3.8) is 0 Å². The fourth-order valence-electron chi connectivity index (χ4n) is 2.39. The Morgan fingerprint density at radius 2 is 1.88 bits per heavy atom. The second kappa shape index (κ2) is 6.37. The minimum absolute atomic E-state index is 0.0269. The molecule has 2 aromatic carbocycles. The Balaban J connectivity index is 1.85. The Kier molecular flexibility index (Phi) is 4.11. The molecule has 120 valence electrons. The number of hydrogen-bond acceptors (Lipinski definition) is 4. The van der Waals surface area contributed by atoms with Crippen molar-refractivity contribution < 1.29 is 9.90 Å². The Morgan fingerprint density at radius 3 is 2.62 bits per heavy atom. The monoisotopic (exact) mass is 321 g/mol. The summed E-state index contributed by atoms with van der Waals surface area (Å²) in [5.74, 6) is -0.424. The Bertz CT molecular complexity index is 989. The number of phenolic OH excluding ortho intramolecular Hbond substituents is 1. The number of hydrazone groups is 1. The highest BCUT2D eigenvalue weighted by molar-refractivity contribution is 5.97. The van der Waals surface area contributed by atoms with Crippen molar-refractivity contribution in [1.29, 1.82) is 0 Å². The van der Waals surface area contributed by atoms with Crippen molar-refractivity contribution in [2.24, 2.45) is 12.1 Å². The maximum Gasteiger partial charge on any atom is 0.276 e. The normalized spacial score (nSPS) is 11.0. The van der Waals surface area contributed by atoms with Crippen LogP contribution in [0.3, 0.4) is 0 Å². The molecule has 0 saturated carbocycles. The Hall–Kier alpha value is -3.41. The molecule has 0 saturated heterocycles. The molecule has 1 aromatic heterocycles. The van der Waals surface area contributed by atoms with E-state index in [4.69, 9.17) is 0 Å². The highest BCUT2D eigenvalue weighted by atomic mass is 16.3. The molecule has 0 spiro atoms. The van der Waals surface area contributed by atoms with E-state index in [1.54, 1.807) is 35.9 Å². The fraction of sp³-hybridized carbons (Fsp3) is 0.0556. The third kappa shape index (κ3) is 3.03. The number of carbonyl (C=O) groups is 1. The lowest BCUT2D eigenvalue weighted by Crippen LogP contribution is -2.26. The van der Waals surface area contributed by atoms with Crippen LogP contribution in [0.25, 0.3) is 10.9 Å². The van der Waals surface area contributed by atoms with Gasteiger partial charge in [-0.1, -0.05) is 12.1 Å². The number of carbonyl (C=O) groups excluding carboxylic acids is 1. The molecule has 0 unspecified atom stereocenters. The molecule has 0 aliphatic carbocycles. The third-order valence-electron chi connectivity index (χ3n) is 3.61. The number of para-hydroxylation sites is 1. The fourth-order valence-corrected chi connectivity index (χ4v) is 2.39. The number of amides is 1. The first-order chi connectivity index (χ1) is 11.6. The van der Waals surface area contributed by atoms with E-state index in [1.807, 2.05) is 12.1 Å². The highest BCUT2D eigenvalue weighted by Crippen LogP contribution is 2.10. The number of nitrogens with one attached hydrogen (secondary N) is 1. The number of fused-ring (bicyclic) bond motifs is 1. The van der Waals surface area contributed by atoms with E-state index in [0.717, 1.165) is 5.52 Å². The van der Waals surface area contributed by atoms with Gasteiger partial charge < -0.3 is 9.67 Å². The number of pyridine rings is 1. The zero-order valence-corrected chi connectivity index (χ0v) is 12.9. The van der Waals surface area contributed by atoms with Gasteiger partial charge in [0.1, 0.15) is 11.3 Å². The predicted molar refractivity (Wildman–Crippen MR) is 92.4 cm³/mol. The van der Waals surface area contributed by atoms with E-state index in [0.29, 0.717) is 10.9 Å². The van der Waals surface area contributed by atoms with Crippen molar-refractivity contribution in [3.8, 4) is 5.75 Å². The number of benzene rings is 2. The van der Waals surface area contributed by atoms with Crippen LogP contribution in [0.15, 0.2) is 64.6 Å². The van der Waals surface area contributed by atoms with Gasteiger partial charge in [-0.3, -0.25) is 9.59 Å². The third-order valence-corrected chi connectivity index (χ3v) is 3.61. The first-order valence-corrected chi connectivity index (χ1v) is 7.27. The molecule has 0 atom stereocenters. The highest BCUT2D eigenvalue weighted by Gasteiger charge is 2.13. The Morgan fingerprint density at radius 1 is 1.17 bits per heavy atom. The molecule has 6 nitrogen and oxygen atoms in total. The van der Waals surface area contributed by atoms with E-state index in [9.17, 15) is 14.7 Å². The van der Waals surface area contributed by atoms with Crippen molar-refractivity contribution in [1.82, 2.24) is 9.99 Å². The molecule has 0 radical (unpaired) electrons. The summed E-state index contributed by atoms with van der Waals surface area (Å²) in [5.41, 5.74) is 3.51. The molecule has 0 bridgehead atoms. The number of nitrogens with zero attached hydrogens (tertiary/aromatic N) is 2. The summed E-state index contributed by atoms with van der Waals surface area (Å²) < 4.78 is 1.73. The molecule has 0 aliphatic rings. The standard InChI is InChI=1S/C18H15N3O3/c1-21-11-15(17(23)14-4-2-3-5-16(14)21)18(24)20-19-10-12-6-8-13(22)9-7-12/h2-11,22H,1H3,(H,20,24). The number of aromatic nitrogens is 1. The number of hydrogen-bond donors (Lipinski definition) is 2. The lowest BCUT2D eigenvalue weighted by Gasteiger charge is -2.07. The molecule has 0 fully saturated rings. The van der Waals surface area contributed by atoms with Crippen LogP contribution < -0.4 is 10.9 Å². The smallest absolute Gasteiger partial charge is 0.276 e. The van der Waals surface area contributed by atoms with Crippen LogP contribution in [0, 0.1) is 0 Å². The zero-order chi connectivity index (χ0) is 17.1. The zero-order valence-electron chi connectivity index (χ0n) is 12.9. The first-order valence-electron chi connectivity index (χ1n) is 7.27. The van der Waals surface area contributed by atoms with E-state index in [-0.39, 0.29) is 16.7 Å². The average molecular weight is 321 g/mol. The molecule has 24 heavy (non-hydrogen) atoms. The second-order valence-electron chi connectivity index (χ2n) is 5.29. The molecule has 1 amide bonds. The minimum atomic E-state index is -0.573. The summed E-state index contributed by atoms with van der Waals surface area (Å²) >= 11 is 0. The van der Waals surface area contributed by atoms with Gasteiger partial charge in [-0.2, -0.15) is 5.10 Å². The topological polar surface area (TPSA) is 83.7 Å². The van der Waals surface area contributed by atoms with Gasteiger partial charge in [0.2, 0.25) is 5.43 Å². The van der Waals surface area contributed by atoms with E-state index < -0.39 is 5.91 Å². The van der Waals surface area contributed by atoms with Gasteiger partial charge in [-0.15, -0.1) is 0 Å². The van der Waals surface area contributed by atoms with E-state index in [1.165, 1.54) is 24.5 Å². The number of aryl methyl sites for hydroxylation is 1. The molecule has 3 aromatic rings. The van der Waals surface area contributed by atoms with Crippen molar-refractivity contribution in [3.05, 3.63) is 76.1 Å². The van der Waals surface area contributed by atoms with Crippen LogP contribution in [0.2, 0.25) is 0 Å². The van der Waals surface area contributed by atoms with Crippen molar-refractivity contribution in [2.45, 2.75) is 0 Å². The first kappa shape index (κ1) is 15.5. The largest absolute Gasteiger partial charge is 0.508 e. The van der Waals surface area contributed by atoms with Crippen LogP contribution in [0.4, 0.5) is 0 Å².